The number of hydrogen-bond donors (Lipinski definition) is 2. The number of aromatic nitrogens is 1. The maximum atomic E-state index is 11.0. The smallest absolute Gasteiger partial charge is 0.221 e. The summed E-state index contributed by atoms with van der Waals surface area (Å²) in [6.45, 7) is 2.46. The van der Waals surface area contributed by atoms with Crippen LogP contribution in [0.15, 0.2) is 81.4 Å². The van der Waals surface area contributed by atoms with Gasteiger partial charge in [-0.1, -0.05) is 51.8 Å². The van der Waals surface area contributed by atoms with Crippen molar-refractivity contribution in [1.29, 1.82) is 0 Å². The summed E-state index contributed by atoms with van der Waals surface area (Å²) in [5.74, 6) is 0.0187. The third-order valence-electron chi connectivity index (χ3n) is 4.74. The minimum absolute atomic E-state index is 0.0187. The maximum absolute atomic E-state index is 11.0. The zero-order valence-electron chi connectivity index (χ0n) is 16.5. The molecule has 0 atom stereocenters. The van der Waals surface area contributed by atoms with E-state index in [1.165, 1.54) is 0 Å². The van der Waals surface area contributed by atoms with Gasteiger partial charge >= 0.3 is 0 Å². The van der Waals surface area contributed by atoms with Crippen molar-refractivity contribution >= 4 is 67.1 Å². The summed E-state index contributed by atoms with van der Waals surface area (Å²) in [4.78, 5) is 0. The molecular formula is C23H18BrClN4OS. The van der Waals surface area contributed by atoms with Crippen molar-refractivity contribution in [3.05, 3.63) is 87.4 Å². The largest absolute Gasteiger partial charge is 0.493 e. The van der Waals surface area contributed by atoms with Gasteiger partial charge in [-0.3, -0.25) is 0 Å². The van der Waals surface area contributed by atoms with Crippen LogP contribution in [0.4, 0.5) is 11.4 Å². The van der Waals surface area contributed by atoms with Gasteiger partial charge in [-0.2, -0.15) is 0 Å². The average Bonchev–Trinajstić information content (AvgIpc) is 2.98. The molecule has 0 aliphatic rings. The molecule has 8 heteroatoms. The third-order valence-corrected chi connectivity index (χ3v) is 5.67. The molecule has 0 saturated heterocycles. The van der Waals surface area contributed by atoms with Gasteiger partial charge in [0.1, 0.15) is 0 Å². The minimum Gasteiger partial charge on any atom is -0.493 e. The number of nitrogens with zero attached hydrogens (tertiary/aromatic N) is 3. The van der Waals surface area contributed by atoms with Gasteiger partial charge < -0.3 is 15.0 Å². The predicted octanol–water partition coefficient (Wildman–Crippen LogP) is 7.60. The molecule has 4 aromatic rings. The standard InChI is InChI=1S/C23H18BrClN4OS/c1-14-3-2-4-18(11-14)26-23(31)28-27-21-19-12-16(24)7-10-20(19)29(22(21)30)13-15-5-8-17(25)9-6-15/h2-12,30H,13H2,1H3,(H,26,31). The second kappa shape index (κ2) is 9.18. The topological polar surface area (TPSA) is 61.9 Å². The summed E-state index contributed by atoms with van der Waals surface area (Å²) in [6, 6.07) is 21.1. The van der Waals surface area contributed by atoms with Crippen LogP contribution in [0.5, 0.6) is 5.88 Å². The predicted molar refractivity (Wildman–Crippen MR) is 134 cm³/mol. The first kappa shape index (κ1) is 21.5. The van der Waals surface area contributed by atoms with E-state index in [0.29, 0.717) is 17.3 Å². The van der Waals surface area contributed by atoms with E-state index >= 15 is 0 Å². The molecule has 0 bridgehead atoms. The number of hydrogen-bond acceptors (Lipinski definition) is 3. The van der Waals surface area contributed by atoms with Gasteiger partial charge in [0.2, 0.25) is 11.0 Å². The Bertz CT molecular complexity index is 1300. The van der Waals surface area contributed by atoms with Crippen molar-refractivity contribution in [2.45, 2.75) is 13.5 Å². The molecule has 31 heavy (non-hydrogen) atoms. The molecule has 156 valence electrons. The number of azo groups is 1. The number of fused-ring (bicyclic) bond motifs is 1. The van der Waals surface area contributed by atoms with Crippen LogP contribution in [0.25, 0.3) is 10.9 Å². The number of aromatic hydroxyl groups is 1. The molecule has 0 radical (unpaired) electrons. The van der Waals surface area contributed by atoms with Crippen LogP contribution in [0, 0.1) is 6.92 Å². The molecule has 0 aliphatic heterocycles. The highest BCUT2D eigenvalue weighted by atomic mass is 79.9. The van der Waals surface area contributed by atoms with Gasteiger partial charge in [-0.05, 0) is 72.7 Å². The molecule has 4 rings (SSSR count). The molecule has 0 aliphatic carbocycles. The normalized spacial score (nSPS) is 11.3. The Morgan fingerprint density at radius 3 is 2.65 bits per heavy atom. The highest BCUT2D eigenvalue weighted by molar-refractivity contribution is 9.10. The van der Waals surface area contributed by atoms with Crippen molar-refractivity contribution < 1.29 is 5.11 Å². The monoisotopic (exact) mass is 512 g/mol. The summed E-state index contributed by atoms with van der Waals surface area (Å²) in [6.07, 6.45) is 0. The molecule has 3 aromatic carbocycles. The molecule has 0 saturated carbocycles. The molecule has 1 heterocycles. The van der Waals surface area contributed by atoms with Crippen molar-refractivity contribution in [2.75, 3.05) is 5.32 Å². The first-order valence-corrected chi connectivity index (χ1v) is 11.0. The number of nitrogens with one attached hydrogen (secondary N) is 1. The van der Waals surface area contributed by atoms with E-state index in [2.05, 4.69) is 31.5 Å². The van der Waals surface area contributed by atoms with Crippen LogP contribution in [0.1, 0.15) is 11.1 Å². The van der Waals surface area contributed by atoms with Crippen LogP contribution in [-0.2, 0) is 6.54 Å². The SMILES string of the molecule is Cc1cccc(NC(=S)N=Nc2c(O)n(Cc3ccc(Cl)cc3)c3ccc(Br)cc23)c1. The van der Waals surface area contributed by atoms with E-state index in [-0.39, 0.29) is 11.0 Å². The fourth-order valence-corrected chi connectivity index (χ4v) is 3.94. The lowest BCUT2D eigenvalue weighted by molar-refractivity contribution is 0.429. The van der Waals surface area contributed by atoms with Gasteiger partial charge in [-0.25, -0.2) is 0 Å². The Hall–Kier alpha value is -2.74. The lowest BCUT2D eigenvalue weighted by Crippen LogP contribution is -2.04. The Morgan fingerprint density at radius 2 is 1.90 bits per heavy atom. The fraction of sp³-hybridized carbons (Fsp3) is 0.0870. The van der Waals surface area contributed by atoms with E-state index < -0.39 is 0 Å². The summed E-state index contributed by atoms with van der Waals surface area (Å²) in [5.41, 5.74) is 4.14. The Labute approximate surface area is 198 Å². The second-order valence-electron chi connectivity index (χ2n) is 7.05. The molecule has 0 unspecified atom stereocenters. The molecule has 0 spiro atoms. The molecule has 0 amide bonds. The zero-order chi connectivity index (χ0) is 22.0. The Kier molecular flexibility index (Phi) is 6.36. The fourth-order valence-electron chi connectivity index (χ4n) is 3.29. The van der Waals surface area contributed by atoms with Crippen molar-refractivity contribution in [1.82, 2.24) is 4.57 Å². The molecule has 0 fully saturated rings. The van der Waals surface area contributed by atoms with E-state index in [1.807, 2.05) is 73.7 Å². The van der Waals surface area contributed by atoms with Crippen molar-refractivity contribution in [3.8, 4) is 5.88 Å². The minimum atomic E-state index is 0.0187. The van der Waals surface area contributed by atoms with Gasteiger partial charge in [0.05, 0.1) is 12.1 Å². The van der Waals surface area contributed by atoms with Crippen LogP contribution in [0.2, 0.25) is 5.02 Å². The summed E-state index contributed by atoms with van der Waals surface area (Å²) in [5, 5.41) is 24.1. The molecule has 1 aromatic heterocycles. The van der Waals surface area contributed by atoms with Gasteiger partial charge in [0.15, 0.2) is 5.69 Å². The maximum Gasteiger partial charge on any atom is 0.221 e. The summed E-state index contributed by atoms with van der Waals surface area (Å²) in [7, 11) is 0. The third kappa shape index (κ3) is 4.95. The number of aryl methyl sites for hydroxylation is 1. The Morgan fingerprint density at radius 1 is 1.13 bits per heavy atom. The molecule has 5 nitrogen and oxygen atoms in total. The number of anilines is 1. The number of thiocarbonyl (C=S) groups is 1. The lowest BCUT2D eigenvalue weighted by Gasteiger charge is -2.07. The first-order valence-electron chi connectivity index (χ1n) is 9.45. The number of benzene rings is 3. The van der Waals surface area contributed by atoms with Gasteiger partial charge in [0.25, 0.3) is 0 Å². The van der Waals surface area contributed by atoms with E-state index in [9.17, 15) is 5.11 Å². The summed E-state index contributed by atoms with van der Waals surface area (Å²) >= 11 is 14.8. The molecule has 2 N–H and O–H groups in total. The second-order valence-corrected chi connectivity index (χ2v) is 8.78. The van der Waals surface area contributed by atoms with E-state index in [4.69, 9.17) is 23.8 Å². The zero-order valence-corrected chi connectivity index (χ0v) is 19.7. The van der Waals surface area contributed by atoms with Crippen LogP contribution in [0.3, 0.4) is 0 Å². The quantitative estimate of drug-likeness (QED) is 0.218. The lowest BCUT2D eigenvalue weighted by atomic mass is 10.2. The Balaban J connectivity index is 1.67. The van der Waals surface area contributed by atoms with Gasteiger partial charge in [0, 0.05) is 20.6 Å². The highest BCUT2D eigenvalue weighted by Gasteiger charge is 2.17. The average molecular weight is 514 g/mol. The number of rotatable bonds is 4. The van der Waals surface area contributed by atoms with E-state index in [1.54, 1.807) is 4.57 Å². The van der Waals surface area contributed by atoms with E-state index in [0.717, 1.165) is 32.2 Å². The summed E-state index contributed by atoms with van der Waals surface area (Å²) < 4.78 is 2.66. The van der Waals surface area contributed by atoms with Crippen LogP contribution < -0.4 is 5.32 Å². The van der Waals surface area contributed by atoms with Crippen molar-refractivity contribution in [3.63, 3.8) is 0 Å². The molecular weight excluding hydrogens is 496 g/mol. The highest BCUT2D eigenvalue weighted by Crippen LogP contribution is 2.40. The van der Waals surface area contributed by atoms with Crippen LogP contribution >= 0.6 is 39.7 Å². The van der Waals surface area contributed by atoms with Crippen LogP contribution in [-0.4, -0.2) is 14.8 Å². The first-order chi connectivity index (χ1) is 14.9. The van der Waals surface area contributed by atoms with Crippen molar-refractivity contribution in [2.24, 2.45) is 10.2 Å². The van der Waals surface area contributed by atoms with Gasteiger partial charge in [-0.15, -0.1) is 10.2 Å². The number of halogens is 2.